The highest BCUT2D eigenvalue weighted by Crippen LogP contribution is 2.28. The average Bonchev–Trinajstić information content (AvgIpc) is 2.65. The van der Waals surface area contributed by atoms with Crippen molar-refractivity contribution in [3.05, 3.63) is 52.5 Å². The van der Waals surface area contributed by atoms with Crippen molar-refractivity contribution in [2.24, 2.45) is 0 Å². The van der Waals surface area contributed by atoms with Gasteiger partial charge in [0.25, 0.3) is 5.69 Å². The van der Waals surface area contributed by atoms with E-state index in [1.807, 2.05) is 12.1 Å². The molecule has 2 heterocycles. The van der Waals surface area contributed by atoms with Crippen LogP contribution in [0.5, 0.6) is 11.5 Å². The van der Waals surface area contributed by atoms with E-state index in [1.165, 1.54) is 24.4 Å². The largest absolute Gasteiger partial charge is 0.454 e. The van der Waals surface area contributed by atoms with E-state index in [0.717, 1.165) is 25.2 Å². The summed E-state index contributed by atoms with van der Waals surface area (Å²) < 4.78 is 19.4. The predicted octanol–water partition coefficient (Wildman–Crippen LogP) is 2.21. The second-order valence-electron chi connectivity index (χ2n) is 6.21. The normalized spacial score (nSPS) is 15.1. The molecule has 0 spiro atoms. The van der Waals surface area contributed by atoms with Crippen molar-refractivity contribution >= 4 is 17.5 Å². The van der Waals surface area contributed by atoms with Crippen LogP contribution in [0.4, 0.5) is 20.7 Å². The number of nitrogens with one attached hydrogen (secondary N) is 2. The number of amides is 2. The summed E-state index contributed by atoms with van der Waals surface area (Å²) in [7, 11) is 2.01. The molecule has 148 valence electrons. The molecule has 11 heteroatoms. The third kappa shape index (κ3) is 5.11. The van der Waals surface area contributed by atoms with Crippen molar-refractivity contribution in [3.63, 3.8) is 0 Å². The summed E-state index contributed by atoms with van der Waals surface area (Å²) >= 11 is 0. The molecule has 2 aromatic rings. The van der Waals surface area contributed by atoms with E-state index in [1.54, 1.807) is 0 Å². The second-order valence-corrected chi connectivity index (χ2v) is 6.21. The number of hydrogen-bond acceptors (Lipinski definition) is 7. The minimum atomic E-state index is -0.867. The average molecular weight is 390 g/mol. The first-order valence-electron chi connectivity index (χ1n) is 8.50. The van der Waals surface area contributed by atoms with Gasteiger partial charge in [-0.1, -0.05) is 0 Å². The van der Waals surface area contributed by atoms with Crippen LogP contribution in [0.2, 0.25) is 0 Å². The van der Waals surface area contributed by atoms with Crippen LogP contribution in [0.25, 0.3) is 0 Å². The van der Waals surface area contributed by atoms with Crippen molar-refractivity contribution in [1.82, 2.24) is 20.3 Å². The first-order chi connectivity index (χ1) is 13.4. The van der Waals surface area contributed by atoms with Gasteiger partial charge in [0.05, 0.1) is 11.0 Å². The van der Waals surface area contributed by atoms with Crippen molar-refractivity contribution in [2.75, 3.05) is 38.5 Å². The molecule has 0 saturated carbocycles. The van der Waals surface area contributed by atoms with Crippen LogP contribution in [-0.2, 0) is 0 Å². The summed E-state index contributed by atoms with van der Waals surface area (Å²) in [6.45, 7) is 3.12. The molecular formula is C17H19FN6O4. The number of hydrazine groups is 1. The molecule has 1 aromatic heterocycles. The fourth-order valence-electron chi connectivity index (χ4n) is 2.56. The van der Waals surface area contributed by atoms with Crippen molar-refractivity contribution < 1.29 is 18.8 Å². The fraction of sp³-hybridized carbons (Fsp3) is 0.294. The van der Waals surface area contributed by atoms with E-state index < -0.39 is 16.8 Å². The van der Waals surface area contributed by atoms with Gasteiger partial charge < -0.3 is 9.64 Å². The number of carbonyl (C=O) groups excluding carboxylic acids is 1. The second kappa shape index (κ2) is 8.59. The molecule has 1 aliphatic rings. The molecule has 10 nitrogen and oxygen atoms in total. The third-order valence-corrected chi connectivity index (χ3v) is 4.09. The molecule has 0 unspecified atom stereocenters. The number of aromatic nitrogens is 1. The summed E-state index contributed by atoms with van der Waals surface area (Å²) in [5.41, 5.74) is 2.36. The Morgan fingerprint density at radius 1 is 1.25 bits per heavy atom. The standard InChI is InChI=1S/C17H19FN6O4/c1-22-6-8-23(9-7-22)21-17(25)20-16-11-13(4-5-19-16)28-15-3-2-12(24(26)27)10-14(15)18/h2-5,10-11H,6-9H2,1H3,(H2,19,20,21,25). The van der Waals surface area contributed by atoms with Crippen LogP contribution in [0, 0.1) is 15.9 Å². The molecule has 28 heavy (non-hydrogen) atoms. The number of rotatable bonds is 5. The number of urea groups is 1. The number of piperazine rings is 1. The summed E-state index contributed by atoms with van der Waals surface area (Å²) in [6.07, 6.45) is 1.39. The van der Waals surface area contributed by atoms with E-state index in [-0.39, 0.29) is 23.0 Å². The molecule has 1 aromatic carbocycles. The topological polar surface area (TPSA) is 113 Å². The van der Waals surface area contributed by atoms with Crippen LogP contribution in [0.1, 0.15) is 0 Å². The van der Waals surface area contributed by atoms with Gasteiger partial charge in [-0.25, -0.2) is 19.2 Å². The highest BCUT2D eigenvalue weighted by atomic mass is 19.1. The lowest BCUT2D eigenvalue weighted by atomic mass is 10.3. The zero-order valence-electron chi connectivity index (χ0n) is 15.1. The number of nitrogens with zero attached hydrogens (tertiary/aromatic N) is 4. The Hall–Kier alpha value is -3.31. The minimum absolute atomic E-state index is 0.176. The summed E-state index contributed by atoms with van der Waals surface area (Å²) in [6, 6.07) is 5.54. The van der Waals surface area contributed by atoms with Gasteiger partial charge in [0.15, 0.2) is 11.6 Å². The van der Waals surface area contributed by atoms with Gasteiger partial charge in [-0.15, -0.1) is 0 Å². The van der Waals surface area contributed by atoms with E-state index in [4.69, 9.17) is 4.74 Å². The first-order valence-corrected chi connectivity index (χ1v) is 8.50. The van der Waals surface area contributed by atoms with E-state index in [0.29, 0.717) is 13.1 Å². The Kier molecular flexibility index (Phi) is 5.96. The predicted molar refractivity (Wildman–Crippen MR) is 98.6 cm³/mol. The van der Waals surface area contributed by atoms with Crippen molar-refractivity contribution in [3.8, 4) is 11.5 Å². The lowest BCUT2D eigenvalue weighted by Gasteiger charge is -2.32. The number of hydrogen-bond donors (Lipinski definition) is 2. The Morgan fingerprint density at radius 2 is 2.00 bits per heavy atom. The highest BCUT2D eigenvalue weighted by Gasteiger charge is 2.16. The molecular weight excluding hydrogens is 371 g/mol. The van der Waals surface area contributed by atoms with E-state index in [9.17, 15) is 19.3 Å². The van der Waals surface area contributed by atoms with Crippen LogP contribution in [-0.4, -0.2) is 59.1 Å². The number of carbonyl (C=O) groups is 1. The molecule has 2 N–H and O–H groups in total. The summed E-state index contributed by atoms with van der Waals surface area (Å²) in [4.78, 5) is 28.3. The molecule has 0 atom stereocenters. The number of nitro groups is 1. The van der Waals surface area contributed by atoms with Gasteiger partial charge in [0.2, 0.25) is 0 Å². The van der Waals surface area contributed by atoms with Gasteiger partial charge in [0, 0.05) is 44.5 Å². The maximum absolute atomic E-state index is 14.0. The van der Waals surface area contributed by atoms with Gasteiger partial charge in [-0.3, -0.25) is 20.9 Å². The number of non-ortho nitro benzene ring substituents is 1. The minimum Gasteiger partial charge on any atom is -0.454 e. The zero-order chi connectivity index (χ0) is 20.1. The SMILES string of the molecule is CN1CCN(NC(=O)Nc2cc(Oc3ccc([N+](=O)[O-])cc3F)ccn2)CC1. The Labute approximate surface area is 160 Å². The van der Waals surface area contributed by atoms with Crippen LogP contribution >= 0.6 is 0 Å². The van der Waals surface area contributed by atoms with Crippen molar-refractivity contribution in [1.29, 1.82) is 0 Å². The number of ether oxygens (including phenoxy) is 1. The maximum atomic E-state index is 14.0. The fourth-order valence-corrected chi connectivity index (χ4v) is 2.56. The van der Waals surface area contributed by atoms with Crippen LogP contribution in [0.15, 0.2) is 36.5 Å². The Morgan fingerprint density at radius 3 is 2.68 bits per heavy atom. The molecule has 2 amide bonds. The lowest BCUT2D eigenvalue weighted by Crippen LogP contribution is -2.53. The number of nitro benzene ring substituents is 1. The number of anilines is 1. The monoisotopic (exact) mass is 390 g/mol. The van der Waals surface area contributed by atoms with Gasteiger partial charge in [0.1, 0.15) is 11.6 Å². The zero-order valence-corrected chi connectivity index (χ0v) is 15.1. The molecule has 3 rings (SSSR count). The molecule has 1 aliphatic heterocycles. The van der Waals surface area contributed by atoms with Crippen LogP contribution in [0.3, 0.4) is 0 Å². The Bertz CT molecular complexity index is 872. The van der Waals surface area contributed by atoms with Gasteiger partial charge in [-0.05, 0) is 19.2 Å². The first kappa shape index (κ1) is 19.5. The van der Waals surface area contributed by atoms with E-state index in [2.05, 4.69) is 20.6 Å². The molecule has 1 saturated heterocycles. The van der Waals surface area contributed by atoms with Gasteiger partial charge in [-0.2, -0.15) is 0 Å². The number of benzene rings is 1. The molecule has 0 bridgehead atoms. The molecule has 0 aliphatic carbocycles. The van der Waals surface area contributed by atoms with E-state index >= 15 is 0 Å². The number of likely N-dealkylation sites (N-methyl/N-ethyl adjacent to an activating group) is 1. The van der Waals surface area contributed by atoms with Crippen molar-refractivity contribution in [2.45, 2.75) is 0 Å². The highest BCUT2D eigenvalue weighted by molar-refractivity contribution is 5.88. The lowest BCUT2D eigenvalue weighted by molar-refractivity contribution is -0.385. The Balaban J connectivity index is 1.61. The summed E-state index contributed by atoms with van der Waals surface area (Å²) in [5.74, 6) is -0.609. The maximum Gasteiger partial charge on any atom is 0.334 e. The molecule has 1 fully saturated rings. The molecule has 0 radical (unpaired) electrons. The number of pyridine rings is 1. The quantitative estimate of drug-likeness (QED) is 0.594. The third-order valence-electron chi connectivity index (χ3n) is 4.09. The summed E-state index contributed by atoms with van der Waals surface area (Å²) in [5, 5.41) is 15.1. The van der Waals surface area contributed by atoms with Crippen LogP contribution < -0.4 is 15.5 Å². The smallest absolute Gasteiger partial charge is 0.334 e. The number of halogens is 1. The van der Waals surface area contributed by atoms with Gasteiger partial charge >= 0.3 is 6.03 Å².